The summed E-state index contributed by atoms with van der Waals surface area (Å²) in [6.07, 6.45) is 1.19. The molecule has 132 valence electrons. The van der Waals surface area contributed by atoms with E-state index < -0.39 is 23.7 Å². The minimum Gasteiger partial charge on any atom is -0.481 e. The number of nitrogens with zero attached hydrogens (tertiary/aromatic N) is 4. The molecule has 0 bridgehead atoms. The van der Waals surface area contributed by atoms with Gasteiger partial charge in [0.05, 0.1) is 23.7 Å². The molecule has 1 aromatic heterocycles. The quantitative estimate of drug-likeness (QED) is 0.868. The Hall–Kier alpha value is -2.13. The van der Waals surface area contributed by atoms with E-state index in [0.717, 1.165) is 10.4 Å². The SMILES string of the molecule is O=C(O)CC1CSCCN1C(=O)c1cn(-c2cccc(Cl)c2F)nn1. The summed E-state index contributed by atoms with van der Waals surface area (Å²) in [5.41, 5.74) is 0.108. The summed E-state index contributed by atoms with van der Waals surface area (Å²) in [5.74, 6) is -0.769. The fourth-order valence-electron chi connectivity index (χ4n) is 2.59. The van der Waals surface area contributed by atoms with Gasteiger partial charge in [0.15, 0.2) is 11.5 Å². The number of halogens is 2. The zero-order valence-electron chi connectivity index (χ0n) is 12.9. The van der Waals surface area contributed by atoms with Crippen LogP contribution in [0.25, 0.3) is 5.69 Å². The summed E-state index contributed by atoms with van der Waals surface area (Å²) < 4.78 is 15.2. The third-order valence-electron chi connectivity index (χ3n) is 3.79. The lowest BCUT2D eigenvalue weighted by atomic mass is 10.2. The molecule has 1 aromatic carbocycles. The molecule has 1 amide bonds. The minimum atomic E-state index is -0.963. The molecule has 1 aliphatic rings. The van der Waals surface area contributed by atoms with Crippen LogP contribution in [0.4, 0.5) is 4.39 Å². The Kier molecular flexibility index (Phi) is 5.24. The van der Waals surface area contributed by atoms with Crippen molar-refractivity contribution in [3.63, 3.8) is 0 Å². The molecule has 0 radical (unpaired) electrons. The number of thioether (sulfide) groups is 1. The van der Waals surface area contributed by atoms with Gasteiger partial charge in [-0.05, 0) is 12.1 Å². The van der Waals surface area contributed by atoms with Crippen LogP contribution in [-0.4, -0.2) is 61.0 Å². The van der Waals surface area contributed by atoms with Gasteiger partial charge in [0.25, 0.3) is 5.91 Å². The second kappa shape index (κ2) is 7.40. The van der Waals surface area contributed by atoms with E-state index in [1.807, 2.05) is 0 Å². The number of aliphatic carboxylic acids is 1. The van der Waals surface area contributed by atoms with Crippen LogP contribution in [0.15, 0.2) is 24.4 Å². The number of rotatable bonds is 4. The molecular formula is C15H14ClFN4O3S. The number of benzene rings is 1. The van der Waals surface area contributed by atoms with Crippen molar-refractivity contribution in [3.05, 3.63) is 40.9 Å². The van der Waals surface area contributed by atoms with Crippen molar-refractivity contribution >= 4 is 35.2 Å². The standard InChI is InChI=1S/C15H14ClFN4O3S/c16-10-2-1-3-12(14(10)17)21-7-11(18-19-21)15(24)20-4-5-25-8-9(20)6-13(22)23/h1-3,7,9H,4-6,8H2,(H,22,23). The zero-order chi connectivity index (χ0) is 18.0. The van der Waals surface area contributed by atoms with Crippen LogP contribution in [0.2, 0.25) is 5.02 Å². The van der Waals surface area contributed by atoms with Gasteiger partial charge >= 0.3 is 5.97 Å². The van der Waals surface area contributed by atoms with Gasteiger partial charge in [0.2, 0.25) is 0 Å². The van der Waals surface area contributed by atoms with E-state index in [0.29, 0.717) is 12.3 Å². The molecule has 0 saturated carbocycles. The highest BCUT2D eigenvalue weighted by molar-refractivity contribution is 7.99. The van der Waals surface area contributed by atoms with Crippen LogP contribution >= 0.6 is 23.4 Å². The first-order valence-corrected chi connectivity index (χ1v) is 8.98. The van der Waals surface area contributed by atoms with Crippen LogP contribution in [0.3, 0.4) is 0 Å². The maximum Gasteiger partial charge on any atom is 0.305 e. The molecule has 1 saturated heterocycles. The van der Waals surface area contributed by atoms with Gasteiger partial charge in [-0.15, -0.1) is 5.10 Å². The Morgan fingerprint density at radius 1 is 1.44 bits per heavy atom. The molecule has 2 heterocycles. The molecule has 25 heavy (non-hydrogen) atoms. The predicted octanol–water partition coefficient (Wildman–Crippen LogP) is 2.09. The topological polar surface area (TPSA) is 88.3 Å². The van der Waals surface area contributed by atoms with Gasteiger partial charge in [-0.3, -0.25) is 9.59 Å². The third kappa shape index (κ3) is 3.77. The second-order valence-electron chi connectivity index (χ2n) is 5.45. The minimum absolute atomic E-state index is 0.0293. The highest BCUT2D eigenvalue weighted by Gasteiger charge is 2.31. The van der Waals surface area contributed by atoms with Crippen molar-refractivity contribution in [2.24, 2.45) is 0 Å². The molecule has 1 aliphatic heterocycles. The average Bonchev–Trinajstić information content (AvgIpc) is 3.06. The predicted molar refractivity (Wildman–Crippen MR) is 90.7 cm³/mol. The van der Waals surface area contributed by atoms with Crippen LogP contribution in [0.5, 0.6) is 0 Å². The number of carboxylic acids is 1. The second-order valence-corrected chi connectivity index (χ2v) is 7.00. The van der Waals surface area contributed by atoms with E-state index in [9.17, 15) is 14.0 Å². The van der Waals surface area contributed by atoms with Crippen LogP contribution in [0, 0.1) is 5.82 Å². The molecule has 10 heteroatoms. The molecule has 1 fully saturated rings. The van der Waals surface area contributed by atoms with Crippen LogP contribution in [-0.2, 0) is 4.79 Å². The average molecular weight is 385 g/mol. The van der Waals surface area contributed by atoms with Gasteiger partial charge in [-0.2, -0.15) is 11.8 Å². The lowest BCUT2D eigenvalue weighted by Gasteiger charge is -2.34. The molecule has 3 rings (SSSR count). The molecule has 7 nitrogen and oxygen atoms in total. The van der Waals surface area contributed by atoms with E-state index in [1.165, 1.54) is 23.2 Å². The number of amides is 1. The van der Waals surface area contributed by atoms with Crippen molar-refractivity contribution in [1.29, 1.82) is 0 Å². The van der Waals surface area contributed by atoms with E-state index >= 15 is 0 Å². The number of carboxylic acid groups (broad SMARTS) is 1. The van der Waals surface area contributed by atoms with Crippen molar-refractivity contribution in [2.75, 3.05) is 18.1 Å². The van der Waals surface area contributed by atoms with Gasteiger partial charge in [0.1, 0.15) is 5.69 Å². The first-order valence-electron chi connectivity index (χ1n) is 7.44. The molecular weight excluding hydrogens is 371 g/mol. The van der Waals surface area contributed by atoms with E-state index in [4.69, 9.17) is 16.7 Å². The van der Waals surface area contributed by atoms with Gasteiger partial charge in [-0.1, -0.05) is 22.9 Å². The molecule has 1 unspecified atom stereocenters. The summed E-state index contributed by atoms with van der Waals surface area (Å²) in [6, 6.07) is 4.03. The van der Waals surface area contributed by atoms with E-state index in [2.05, 4.69) is 10.3 Å². The van der Waals surface area contributed by atoms with Gasteiger partial charge in [0, 0.05) is 18.1 Å². The number of carbonyl (C=O) groups is 2. The zero-order valence-corrected chi connectivity index (χ0v) is 14.5. The molecule has 1 atom stereocenters. The summed E-state index contributed by atoms with van der Waals surface area (Å²) in [4.78, 5) is 25.2. The smallest absolute Gasteiger partial charge is 0.305 e. The number of hydrogen-bond donors (Lipinski definition) is 1. The first-order chi connectivity index (χ1) is 12.0. The Labute approximate surface area is 151 Å². The summed E-state index contributed by atoms with van der Waals surface area (Å²) in [7, 11) is 0. The summed E-state index contributed by atoms with van der Waals surface area (Å²) in [5, 5.41) is 16.6. The fourth-order valence-corrected chi connectivity index (χ4v) is 3.82. The van der Waals surface area contributed by atoms with Crippen molar-refractivity contribution in [1.82, 2.24) is 19.9 Å². The van der Waals surface area contributed by atoms with Crippen molar-refractivity contribution in [2.45, 2.75) is 12.5 Å². The van der Waals surface area contributed by atoms with Crippen molar-refractivity contribution in [3.8, 4) is 5.69 Å². The monoisotopic (exact) mass is 384 g/mol. The molecule has 2 aromatic rings. The molecule has 1 N–H and O–H groups in total. The van der Waals surface area contributed by atoms with E-state index in [-0.39, 0.29) is 22.8 Å². The molecule has 0 aliphatic carbocycles. The Morgan fingerprint density at radius 2 is 2.24 bits per heavy atom. The van der Waals surface area contributed by atoms with Gasteiger partial charge < -0.3 is 10.0 Å². The number of hydrogen-bond acceptors (Lipinski definition) is 5. The highest BCUT2D eigenvalue weighted by atomic mass is 35.5. The fraction of sp³-hybridized carbons (Fsp3) is 0.333. The summed E-state index contributed by atoms with van der Waals surface area (Å²) >= 11 is 7.36. The van der Waals surface area contributed by atoms with Crippen LogP contribution < -0.4 is 0 Å². The lowest BCUT2D eigenvalue weighted by molar-refractivity contribution is -0.138. The number of carbonyl (C=O) groups excluding carboxylic acids is 1. The van der Waals surface area contributed by atoms with Crippen LogP contribution in [0.1, 0.15) is 16.9 Å². The summed E-state index contributed by atoms with van der Waals surface area (Å²) in [6.45, 7) is 0.430. The van der Waals surface area contributed by atoms with Crippen molar-refractivity contribution < 1.29 is 19.1 Å². The Bertz CT molecular complexity index is 816. The lowest BCUT2D eigenvalue weighted by Crippen LogP contribution is -2.47. The highest BCUT2D eigenvalue weighted by Crippen LogP contribution is 2.23. The maximum atomic E-state index is 14.1. The molecule has 0 spiro atoms. The Morgan fingerprint density at radius 3 is 3.00 bits per heavy atom. The maximum absolute atomic E-state index is 14.1. The normalized spacial score (nSPS) is 17.5. The Balaban J connectivity index is 1.84. The number of aromatic nitrogens is 3. The largest absolute Gasteiger partial charge is 0.481 e. The van der Waals surface area contributed by atoms with Gasteiger partial charge in [-0.25, -0.2) is 9.07 Å². The third-order valence-corrected chi connectivity index (χ3v) is 5.17. The van der Waals surface area contributed by atoms with E-state index in [1.54, 1.807) is 17.8 Å². The first kappa shape index (κ1) is 17.7.